The van der Waals surface area contributed by atoms with Gasteiger partial charge < -0.3 is 24.4 Å². The molecule has 2 aliphatic rings. The zero-order valence-corrected chi connectivity index (χ0v) is 13.7. The van der Waals surface area contributed by atoms with E-state index in [1.54, 1.807) is 12.0 Å². The van der Waals surface area contributed by atoms with Gasteiger partial charge in [0.25, 0.3) is 0 Å². The first-order chi connectivity index (χ1) is 9.80. The van der Waals surface area contributed by atoms with Crippen molar-refractivity contribution in [1.29, 1.82) is 0 Å². The Hall–Kier alpha value is -0.850. The molecule has 2 rings (SSSR count). The molecule has 1 N–H and O–H groups in total. The predicted molar refractivity (Wildman–Crippen MR) is 79.3 cm³/mol. The minimum Gasteiger partial charge on any atom is -0.444 e. The number of hydrogen-bond acceptors (Lipinski definition) is 5. The first-order valence-corrected chi connectivity index (χ1v) is 7.68. The van der Waals surface area contributed by atoms with Crippen molar-refractivity contribution in [2.75, 3.05) is 26.8 Å². The fourth-order valence-corrected chi connectivity index (χ4v) is 2.87. The number of carbonyl (C=O) groups is 1. The number of likely N-dealkylation sites (tertiary alicyclic amines) is 1. The number of hydrogen-bond donors (Lipinski definition) is 1. The number of rotatable bonds is 3. The molecular weight excluding hydrogens is 272 g/mol. The maximum absolute atomic E-state index is 12.2. The average Bonchev–Trinajstić information content (AvgIpc) is 2.95. The van der Waals surface area contributed by atoms with Crippen LogP contribution in [0.4, 0.5) is 4.79 Å². The molecule has 0 aromatic carbocycles. The zero-order chi connectivity index (χ0) is 15.6. The van der Waals surface area contributed by atoms with Crippen LogP contribution in [0.2, 0.25) is 0 Å². The molecule has 2 aliphatic heterocycles. The Morgan fingerprint density at radius 2 is 2.00 bits per heavy atom. The largest absolute Gasteiger partial charge is 0.444 e. The Morgan fingerprint density at radius 3 is 2.52 bits per heavy atom. The number of ether oxygens (including phenoxy) is 3. The van der Waals surface area contributed by atoms with Gasteiger partial charge in [-0.15, -0.1) is 0 Å². The molecule has 0 spiro atoms. The summed E-state index contributed by atoms with van der Waals surface area (Å²) in [6, 6.07) is 0.447. The van der Waals surface area contributed by atoms with E-state index in [1.807, 2.05) is 20.8 Å². The second-order valence-corrected chi connectivity index (χ2v) is 6.90. The van der Waals surface area contributed by atoms with Gasteiger partial charge in [-0.2, -0.15) is 0 Å². The smallest absolute Gasteiger partial charge is 0.410 e. The molecule has 1 amide bonds. The van der Waals surface area contributed by atoms with Crippen LogP contribution in [0, 0.1) is 0 Å². The van der Waals surface area contributed by atoms with Gasteiger partial charge in [-0.05, 0) is 34.1 Å². The first kappa shape index (κ1) is 16.5. The Morgan fingerprint density at radius 1 is 1.29 bits per heavy atom. The zero-order valence-electron chi connectivity index (χ0n) is 13.7. The molecule has 0 aromatic heterocycles. The fourth-order valence-electron chi connectivity index (χ4n) is 2.87. The van der Waals surface area contributed by atoms with Gasteiger partial charge in [-0.3, -0.25) is 0 Å². The summed E-state index contributed by atoms with van der Waals surface area (Å²) in [6.07, 6.45) is 0.925. The van der Waals surface area contributed by atoms with E-state index in [1.165, 1.54) is 0 Å². The van der Waals surface area contributed by atoms with Crippen molar-refractivity contribution in [1.82, 2.24) is 10.2 Å². The van der Waals surface area contributed by atoms with Crippen LogP contribution in [-0.2, 0) is 14.2 Å². The Bertz CT molecular complexity index is 369. The van der Waals surface area contributed by atoms with Crippen LogP contribution < -0.4 is 5.32 Å². The van der Waals surface area contributed by atoms with E-state index in [0.717, 1.165) is 13.0 Å². The van der Waals surface area contributed by atoms with Crippen LogP contribution in [0.3, 0.4) is 0 Å². The lowest BCUT2D eigenvalue weighted by molar-refractivity contribution is 0.0252. The number of nitrogens with zero attached hydrogens (tertiary/aromatic N) is 1. The molecular formula is C15H28N2O4. The van der Waals surface area contributed by atoms with Crippen molar-refractivity contribution >= 4 is 6.09 Å². The fraction of sp³-hybridized carbons (Fsp3) is 0.933. The minimum atomic E-state index is -0.473. The highest BCUT2D eigenvalue weighted by atomic mass is 16.6. The van der Waals surface area contributed by atoms with Crippen molar-refractivity contribution in [2.45, 2.75) is 64.0 Å². The summed E-state index contributed by atoms with van der Waals surface area (Å²) < 4.78 is 16.5. The van der Waals surface area contributed by atoms with E-state index in [4.69, 9.17) is 14.2 Å². The summed E-state index contributed by atoms with van der Waals surface area (Å²) in [5, 5.41) is 3.58. The van der Waals surface area contributed by atoms with E-state index in [-0.39, 0.29) is 24.3 Å². The summed E-state index contributed by atoms with van der Waals surface area (Å²) in [4.78, 5) is 13.9. The minimum absolute atomic E-state index is 0.00896. The van der Waals surface area contributed by atoms with Crippen molar-refractivity contribution < 1.29 is 19.0 Å². The molecule has 4 atom stereocenters. The molecule has 0 saturated carbocycles. The standard InChI is InChI=1S/C15H28N2O4/c1-10-11(6-7-20-10)16-12-8-17(9-13(12)19-5)14(18)21-15(2,3)4/h10-13,16H,6-9H2,1-5H3/t10?,11?,12?,13-/m0/s1. The number of carbonyl (C=O) groups excluding carboxylic acids is 1. The highest BCUT2D eigenvalue weighted by Gasteiger charge is 2.39. The van der Waals surface area contributed by atoms with Crippen LogP contribution in [0.1, 0.15) is 34.1 Å². The molecule has 2 saturated heterocycles. The van der Waals surface area contributed by atoms with Crippen LogP contribution in [0.15, 0.2) is 0 Å². The third kappa shape index (κ3) is 4.31. The van der Waals surface area contributed by atoms with Gasteiger partial charge in [0.2, 0.25) is 0 Å². The topological polar surface area (TPSA) is 60.0 Å². The molecule has 6 nitrogen and oxygen atoms in total. The molecule has 3 unspecified atom stereocenters. The van der Waals surface area contributed by atoms with Gasteiger partial charge >= 0.3 is 6.09 Å². The van der Waals surface area contributed by atoms with Crippen molar-refractivity contribution in [3.05, 3.63) is 0 Å². The van der Waals surface area contributed by atoms with E-state index < -0.39 is 5.60 Å². The van der Waals surface area contributed by atoms with Crippen LogP contribution in [-0.4, -0.2) is 67.7 Å². The molecule has 21 heavy (non-hydrogen) atoms. The lowest BCUT2D eigenvalue weighted by atomic mass is 10.1. The highest BCUT2D eigenvalue weighted by Crippen LogP contribution is 2.20. The van der Waals surface area contributed by atoms with Crippen molar-refractivity contribution in [3.63, 3.8) is 0 Å². The molecule has 6 heteroatoms. The van der Waals surface area contributed by atoms with Gasteiger partial charge in [0, 0.05) is 26.3 Å². The Balaban J connectivity index is 1.92. The summed E-state index contributed by atoms with van der Waals surface area (Å²) in [5.74, 6) is 0. The third-order valence-corrected chi connectivity index (χ3v) is 4.03. The Kier molecular flexibility index (Phi) is 5.11. The molecule has 0 radical (unpaired) electrons. The quantitative estimate of drug-likeness (QED) is 0.853. The van der Waals surface area contributed by atoms with Crippen molar-refractivity contribution in [2.24, 2.45) is 0 Å². The SMILES string of the molecule is CO[C@H]1CN(C(=O)OC(C)(C)C)CC1NC1CCOC1C. The maximum Gasteiger partial charge on any atom is 0.410 e. The molecule has 122 valence electrons. The first-order valence-electron chi connectivity index (χ1n) is 7.68. The lowest BCUT2D eigenvalue weighted by Crippen LogP contribution is -2.48. The summed E-state index contributed by atoms with van der Waals surface area (Å²) in [6.45, 7) is 9.67. The summed E-state index contributed by atoms with van der Waals surface area (Å²) >= 11 is 0. The second kappa shape index (κ2) is 6.50. The average molecular weight is 300 g/mol. The van der Waals surface area contributed by atoms with Crippen LogP contribution in [0.25, 0.3) is 0 Å². The molecule has 0 bridgehead atoms. The molecule has 0 aromatic rings. The second-order valence-electron chi connectivity index (χ2n) is 6.90. The number of amides is 1. The van der Waals surface area contributed by atoms with Crippen LogP contribution >= 0.6 is 0 Å². The molecule has 0 aliphatic carbocycles. The van der Waals surface area contributed by atoms with Gasteiger partial charge in [0.1, 0.15) is 5.60 Å². The van der Waals surface area contributed by atoms with E-state index in [2.05, 4.69) is 12.2 Å². The predicted octanol–water partition coefficient (Wildman–Crippen LogP) is 1.39. The van der Waals surface area contributed by atoms with E-state index >= 15 is 0 Å². The number of methoxy groups -OCH3 is 1. The highest BCUT2D eigenvalue weighted by molar-refractivity contribution is 5.68. The van der Waals surface area contributed by atoms with E-state index in [0.29, 0.717) is 19.1 Å². The van der Waals surface area contributed by atoms with Crippen LogP contribution in [0.5, 0.6) is 0 Å². The lowest BCUT2D eigenvalue weighted by Gasteiger charge is -2.25. The van der Waals surface area contributed by atoms with E-state index in [9.17, 15) is 4.79 Å². The number of nitrogens with one attached hydrogen (secondary N) is 1. The summed E-state index contributed by atoms with van der Waals surface area (Å²) in [7, 11) is 1.69. The summed E-state index contributed by atoms with van der Waals surface area (Å²) in [5.41, 5.74) is -0.473. The Labute approximate surface area is 127 Å². The molecule has 2 fully saturated rings. The van der Waals surface area contributed by atoms with Gasteiger partial charge in [0.15, 0.2) is 0 Å². The van der Waals surface area contributed by atoms with Gasteiger partial charge in [0.05, 0.1) is 24.8 Å². The van der Waals surface area contributed by atoms with Gasteiger partial charge in [-0.1, -0.05) is 0 Å². The maximum atomic E-state index is 12.2. The normalized spacial score (nSPS) is 33.5. The van der Waals surface area contributed by atoms with Crippen molar-refractivity contribution in [3.8, 4) is 0 Å². The molecule has 2 heterocycles. The van der Waals surface area contributed by atoms with Gasteiger partial charge in [-0.25, -0.2) is 4.79 Å². The monoisotopic (exact) mass is 300 g/mol. The third-order valence-electron chi connectivity index (χ3n) is 4.03.